The first-order valence-electron chi connectivity index (χ1n) is 6.58. The first-order chi connectivity index (χ1) is 9.95. The average Bonchev–Trinajstić information content (AvgIpc) is 2.46. The molecule has 5 heteroatoms. The zero-order valence-electron chi connectivity index (χ0n) is 11.7. The Bertz CT molecular complexity index is 655. The van der Waals surface area contributed by atoms with Crippen molar-refractivity contribution in [3.63, 3.8) is 0 Å². The lowest BCUT2D eigenvalue weighted by Gasteiger charge is -2.20. The molecule has 1 atom stereocenters. The van der Waals surface area contributed by atoms with Gasteiger partial charge in [-0.3, -0.25) is 0 Å². The molecule has 1 nitrogen and oxygen atoms in total. The second-order valence-corrected chi connectivity index (χ2v) is 4.76. The molecule has 2 aromatic rings. The normalized spacial score (nSPS) is 12.5. The fourth-order valence-corrected chi connectivity index (χ4v) is 2.16. The van der Waals surface area contributed by atoms with Gasteiger partial charge < -0.3 is 5.32 Å². The summed E-state index contributed by atoms with van der Waals surface area (Å²) in [6.45, 7) is 3.85. The van der Waals surface area contributed by atoms with Crippen LogP contribution in [0.15, 0.2) is 30.3 Å². The molecule has 0 heterocycles. The van der Waals surface area contributed by atoms with Gasteiger partial charge in [0.2, 0.25) is 0 Å². The third-order valence-corrected chi connectivity index (χ3v) is 3.31. The van der Waals surface area contributed by atoms with Crippen molar-refractivity contribution in [2.75, 3.05) is 6.54 Å². The van der Waals surface area contributed by atoms with E-state index < -0.39 is 29.3 Å². The summed E-state index contributed by atoms with van der Waals surface area (Å²) in [6.07, 6.45) is 0. The summed E-state index contributed by atoms with van der Waals surface area (Å²) in [5, 5.41) is 2.95. The van der Waals surface area contributed by atoms with Crippen molar-refractivity contribution in [2.24, 2.45) is 0 Å². The monoisotopic (exact) mass is 297 g/mol. The Morgan fingerprint density at radius 2 is 1.67 bits per heavy atom. The average molecular weight is 297 g/mol. The predicted molar refractivity (Wildman–Crippen MR) is 73.0 cm³/mol. The largest absolute Gasteiger partial charge is 0.306 e. The van der Waals surface area contributed by atoms with Gasteiger partial charge in [0.05, 0.1) is 6.04 Å². The smallest absolute Gasteiger partial charge is 0.194 e. The highest BCUT2D eigenvalue weighted by Crippen LogP contribution is 2.27. The number of benzene rings is 2. The van der Waals surface area contributed by atoms with Gasteiger partial charge in [0, 0.05) is 5.56 Å². The summed E-state index contributed by atoms with van der Waals surface area (Å²) in [6, 6.07) is 5.74. The van der Waals surface area contributed by atoms with Crippen LogP contribution in [0.25, 0.3) is 0 Å². The van der Waals surface area contributed by atoms with Gasteiger partial charge >= 0.3 is 0 Å². The summed E-state index contributed by atoms with van der Waals surface area (Å²) in [7, 11) is 0. The Labute approximate surface area is 120 Å². The summed E-state index contributed by atoms with van der Waals surface area (Å²) in [5.74, 6) is -4.47. The van der Waals surface area contributed by atoms with Gasteiger partial charge in [-0.05, 0) is 36.7 Å². The van der Waals surface area contributed by atoms with Crippen molar-refractivity contribution in [1.82, 2.24) is 5.32 Å². The SMILES string of the molecule is CCNC(c1ccc(C)c(F)c1)c1ccc(F)c(F)c1F. The van der Waals surface area contributed by atoms with Gasteiger partial charge in [0.25, 0.3) is 0 Å². The minimum Gasteiger partial charge on any atom is -0.306 e. The fourth-order valence-electron chi connectivity index (χ4n) is 2.16. The van der Waals surface area contributed by atoms with Crippen molar-refractivity contribution in [1.29, 1.82) is 0 Å². The third kappa shape index (κ3) is 3.08. The van der Waals surface area contributed by atoms with Crippen LogP contribution < -0.4 is 5.32 Å². The quantitative estimate of drug-likeness (QED) is 0.657. The fraction of sp³-hybridized carbons (Fsp3) is 0.250. The molecule has 0 aliphatic rings. The second kappa shape index (κ2) is 6.26. The highest BCUT2D eigenvalue weighted by atomic mass is 19.2. The zero-order chi connectivity index (χ0) is 15.6. The Morgan fingerprint density at radius 1 is 0.952 bits per heavy atom. The van der Waals surface area contributed by atoms with Gasteiger partial charge in [-0.15, -0.1) is 0 Å². The van der Waals surface area contributed by atoms with E-state index in [0.717, 1.165) is 6.07 Å². The van der Waals surface area contributed by atoms with Crippen molar-refractivity contribution < 1.29 is 17.6 Å². The second-order valence-electron chi connectivity index (χ2n) is 4.76. The highest BCUT2D eigenvalue weighted by molar-refractivity contribution is 5.35. The van der Waals surface area contributed by atoms with Crippen LogP contribution in [0.3, 0.4) is 0 Å². The molecule has 0 aromatic heterocycles. The van der Waals surface area contributed by atoms with Gasteiger partial charge in [0.1, 0.15) is 5.82 Å². The lowest BCUT2D eigenvalue weighted by atomic mass is 9.96. The molecule has 0 radical (unpaired) electrons. The lowest BCUT2D eigenvalue weighted by Crippen LogP contribution is -2.23. The van der Waals surface area contributed by atoms with Crippen LogP contribution in [0.2, 0.25) is 0 Å². The van der Waals surface area contributed by atoms with Crippen molar-refractivity contribution in [3.05, 3.63) is 70.3 Å². The van der Waals surface area contributed by atoms with Crippen LogP contribution >= 0.6 is 0 Å². The van der Waals surface area contributed by atoms with Crippen molar-refractivity contribution >= 4 is 0 Å². The molecule has 1 N–H and O–H groups in total. The topological polar surface area (TPSA) is 12.0 Å². The number of nitrogens with one attached hydrogen (secondary N) is 1. The van der Waals surface area contributed by atoms with Crippen LogP contribution in [-0.4, -0.2) is 6.54 Å². The molecule has 0 amide bonds. The number of halogens is 4. The minimum absolute atomic E-state index is 0.0565. The first-order valence-corrected chi connectivity index (χ1v) is 6.58. The van der Waals surface area contributed by atoms with E-state index in [-0.39, 0.29) is 5.56 Å². The standard InChI is InChI=1S/C16H15F4N/c1-3-21-16(10-5-4-9(2)13(18)8-10)11-6-7-12(17)15(20)14(11)19/h4-8,16,21H,3H2,1-2H3. The summed E-state index contributed by atoms with van der Waals surface area (Å²) < 4.78 is 54.1. The van der Waals surface area contributed by atoms with Crippen LogP contribution in [0.5, 0.6) is 0 Å². The van der Waals surface area contributed by atoms with Crippen LogP contribution in [-0.2, 0) is 0 Å². The maximum absolute atomic E-state index is 14.0. The number of hydrogen-bond donors (Lipinski definition) is 1. The molecule has 0 saturated heterocycles. The Morgan fingerprint density at radius 3 is 2.29 bits per heavy atom. The Kier molecular flexibility index (Phi) is 4.63. The molecule has 2 aromatic carbocycles. The van der Waals surface area contributed by atoms with Gasteiger partial charge in [-0.2, -0.15) is 0 Å². The van der Waals surface area contributed by atoms with E-state index in [2.05, 4.69) is 5.32 Å². The Hall–Kier alpha value is -1.88. The van der Waals surface area contributed by atoms with Crippen molar-refractivity contribution in [3.8, 4) is 0 Å². The van der Waals surface area contributed by atoms with Crippen LogP contribution in [0, 0.1) is 30.2 Å². The summed E-state index contributed by atoms with van der Waals surface area (Å²) >= 11 is 0. The predicted octanol–water partition coefficient (Wildman–Crippen LogP) is 4.25. The molecule has 112 valence electrons. The van der Waals surface area contributed by atoms with Crippen LogP contribution in [0.4, 0.5) is 17.6 Å². The van der Waals surface area contributed by atoms with Crippen molar-refractivity contribution in [2.45, 2.75) is 19.9 Å². The number of aryl methyl sites for hydroxylation is 1. The van der Waals surface area contributed by atoms with Crippen LogP contribution in [0.1, 0.15) is 29.7 Å². The summed E-state index contributed by atoms with van der Waals surface area (Å²) in [4.78, 5) is 0. The lowest BCUT2D eigenvalue weighted by molar-refractivity contribution is 0.433. The maximum atomic E-state index is 14.0. The van der Waals surface area contributed by atoms with E-state index in [9.17, 15) is 17.6 Å². The molecule has 0 aliphatic carbocycles. The Balaban J connectivity index is 2.53. The van der Waals surface area contributed by atoms with Gasteiger partial charge in [-0.1, -0.05) is 25.1 Å². The number of hydrogen-bond acceptors (Lipinski definition) is 1. The summed E-state index contributed by atoms with van der Waals surface area (Å²) in [5.41, 5.74) is 0.851. The van der Waals surface area contributed by atoms with E-state index in [0.29, 0.717) is 17.7 Å². The van der Waals surface area contributed by atoms with E-state index in [1.54, 1.807) is 26.0 Å². The minimum atomic E-state index is -1.53. The van der Waals surface area contributed by atoms with E-state index in [4.69, 9.17) is 0 Å². The maximum Gasteiger partial charge on any atom is 0.194 e. The molecule has 0 saturated carbocycles. The van der Waals surface area contributed by atoms with E-state index in [1.165, 1.54) is 12.1 Å². The molecule has 0 spiro atoms. The molecule has 2 rings (SSSR count). The third-order valence-electron chi connectivity index (χ3n) is 3.31. The highest BCUT2D eigenvalue weighted by Gasteiger charge is 2.22. The molecule has 0 fully saturated rings. The number of rotatable bonds is 4. The zero-order valence-corrected chi connectivity index (χ0v) is 11.7. The molecule has 1 unspecified atom stereocenters. The first kappa shape index (κ1) is 15.5. The molecule has 0 bridgehead atoms. The molecular formula is C16H15F4N. The van der Waals surface area contributed by atoms with Gasteiger partial charge in [-0.25, -0.2) is 17.6 Å². The molecular weight excluding hydrogens is 282 g/mol. The van der Waals surface area contributed by atoms with E-state index in [1.807, 2.05) is 0 Å². The molecule has 0 aliphatic heterocycles. The van der Waals surface area contributed by atoms with E-state index >= 15 is 0 Å². The molecule has 21 heavy (non-hydrogen) atoms. The van der Waals surface area contributed by atoms with Gasteiger partial charge in [0.15, 0.2) is 17.5 Å².